The fraction of sp³-hybridized carbons (Fsp3) is 0.506. The number of amides is 5. The van der Waals surface area contributed by atoms with Crippen LogP contribution < -0.4 is 40.7 Å². The number of carbonyl (C=O) groups excluding carboxylic acids is 5. The number of piperidine rings is 1. The summed E-state index contributed by atoms with van der Waals surface area (Å²) in [4.78, 5) is 95.9. The number of likely N-dealkylation sites (N-methyl/N-ethyl adjacent to an activating group) is 1. The molecule has 0 aliphatic carbocycles. The van der Waals surface area contributed by atoms with Crippen LogP contribution in [0.5, 0.6) is 23.0 Å². The average Bonchev–Trinajstić information content (AvgIpc) is 1.67. The molecule has 4 aromatic rings. The van der Waals surface area contributed by atoms with Gasteiger partial charge in [0.05, 0.1) is 32.8 Å². The average molecular weight is 1900 g/mol. The van der Waals surface area contributed by atoms with Gasteiger partial charge in [-0.15, -0.1) is 0 Å². The minimum Gasteiger partial charge on any atom is -0.409 e. The van der Waals surface area contributed by atoms with E-state index in [1.807, 2.05) is 46.0 Å². The topological polar surface area (TPSA) is 261 Å². The van der Waals surface area contributed by atoms with Gasteiger partial charge in [-0.1, -0.05) is 80.2 Å². The van der Waals surface area contributed by atoms with Gasteiger partial charge in [0.2, 0.25) is 0 Å². The third kappa shape index (κ3) is 28.3. The van der Waals surface area contributed by atoms with E-state index < -0.39 is 47.6 Å². The quantitative estimate of drug-likeness (QED) is 0.0519. The fourth-order valence-electron chi connectivity index (χ4n) is 15.2. The maximum Gasteiger partial charge on any atom is 0.415 e. The van der Waals surface area contributed by atoms with Crippen molar-refractivity contribution in [2.45, 2.75) is 153 Å². The van der Waals surface area contributed by atoms with Crippen LogP contribution in [0, 0.1) is 23.3 Å². The van der Waals surface area contributed by atoms with Crippen LogP contribution in [-0.4, -0.2) is 272 Å². The van der Waals surface area contributed by atoms with Gasteiger partial charge in [-0.05, 0) is 243 Å². The van der Waals surface area contributed by atoms with Crippen molar-refractivity contribution in [3.8, 4) is 23.0 Å². The monoisotopic (exact) mass is 1900 g/mol. The SMILES string of the molecule is C.C.C.C.CCN(CC)C(=O)Oc1cc(F)ccc1/C=C1\SC(N2CCCCN2)=NC1=S.CCN(CC)[C@@H]1CCN(C(=O)Oc2cc(F)ccc2/C=C2\SC(N3CCCCN3)=NC2=S)C1.O=C(Oc1cc(F)ccc1/C=C1\SC(N2CCCCN2)=NC1=S)N1CCC(N2CCCC2)CC1.O=C1N=C(N2CCCCN2)S/C1=C\c1ccc(F)cc1OC(=O)N1CCOCC1. The third-order valence-corrected chi connectivity index (χ3v) is 27.5. The Hall–Kier alpha value is -8.42. The van der Waals surface area contributed by atoms with Gasteiger partial charge >= 0.3 is 24.4 Å². The number of halogens is 4. The van der Waals surface area contributed by atoms with Gasteiger partial charge in [-0.2, -0.15) is 4.99 Å². The van der Waals surface area contributed by atoms with Crippen molar-refractivity contribution < 1.29 is 65.2 Å². The molecule has 0 unspecified atom stereocenters. The molecule has 0 spiro atoms. The summed E-state index contributed by atoms with van der Waals surface area (Å²) in [6, 6.07) is 17.3. The standard InChI is InChI=1S/C24H30FN5O2S2.C23H30FN5O2S2.C19H21FN4O4S.C19H23FN4O2S2.4CH4/c25-18-6-5-17(15-21-22(33)27-23(34-21)30-12-2-1-9-26-30)20(16-18)32-24(31)29-13-7-19(8-14-29)28-10-3-4-11-28;1-3-27(4-2)18-9-12-28(15-18)23(30)31-19-14-17(24)8-7-16(19)13-20-21(32)26-22(33-20)29-11-6-5-10-25-29;20-14-4-3-13(15(12-14)28-19(26)23-7-9-27-10-8-23)11-16-17(25)22-18(29-16)24-6-2-1-5-21-24;1-3-23(4-2)19(25)26-15-12-14(20)8-7-13(15)11-16-17(27)22-18(28-16)24-10-6-5-9-21-24;;;;/h5-6,15-16,19,26H,1-4,7-14H2;7-8,13-14,18,25H,3-6,9-12,15H2,1-2H3;3-4,11-12,21H,1-2,5-10H2;7-8,11-12,21H,3-6,9-10H2,1-2H3;4*1H4/b21-15-;20-13-;2*16-11-;;;;/t;18-;;;;;;/m.1....../s1. The van der Waals surface area contributed by atoms with Gasteiger partial charge in [-0.25, -0.2) is 73.4 Å². The summed E-state index contributed by atoms with van der Waals surface area (Å²) in [5.41, 5.74) is 15.4. The number of hydrazine groups is 4. The van der Waals surface area contributed by atoms with Crippen LogP contribution in [0.2, 0.25) is 0 Å². The molecule has 12 aliphatic heterocycles. The van der Waals surface area contributed by atoms with Gasteiger partial charge in [0.1, 0.15) is 61.2 Å². The zero-order chi connectivity index (χ0) is 87.2. The highest BCUT2D eigenvalue weighted by Gasteiger charge is 2.36. The lowest BCUT2D eigenvalue weighted by atomic mass is 10.0. The molecule has 1 atom stereocenters. The van der Waals surface area contributed by atoms with Crippen LogP contribution in [0.1, 0.15) is 163 Å². The summed E-state index contributed by atoms with van der Waals surface area (Å²) >= 11 is 22.0. The van der Waals surface area contributed by atoms with Crippen molar-refractivity contribution >= 4 is 174 Å². The predicted octanol–water partition coefficient (Wildman–Crippen LogP) is 17.2. The highest BCUT2D eigenvalue weighted by molar-refractivity contribution is 8.20. The van der Waals surface area contributed by atoms with Gasteiger partial charge in [0.25, 0.3) is 5.91 Å². The highest BCUT2D eigenvalue weighted by atomic mass is 32.2. The van der Waals surface area contributed by atoms with Crippen molar-refractivity contribution in [3.63, 3.8) is 0 Å². The first-order valence-electron chi connectivity index (χ1n) is 42.4. The van der Waals surface area contributed by atoms with Gasteiger partial charge in [0, 0.05) is 163 Å². The molecular weight excluding hydrogens is 1780 g/mol. The van der Waals surface area contributed by atoms with E-state index >= 15 is 0 Å². The fourth-order valence-corrected chi connectivity index (χ4v) is 19.9. The van der Waals surface area contributed by atoms with Crippen molar-refractivity contribution in [1.29, 1.82) is 0 Å². The Morgan fingerprint density at radius 1 is 0.430 bits per heavy atom. The Bertz CT molecular complexity index is 4820. The zero-order valence-electron chi connectivity index (χ0n) is 69.9. The van der Waals surface area contributed by atoms with Gasteiger partial charge < -0.3 is 48.2 Å². The van der Waals surface area contributed by atoms with E-state index in [-0.39, 0.29) is 58.6 Å². The number of nitrogens with zero attached hydrogens (tertiary/aromatic N) is 14. The van der Waals surface area contributed by atoms with E-state index in [9.17, 15) is 41.5 Å². The normalized spacial score (nSPS) is 20.9. The van der Waals surface area contributed by atoms with Crippen LogP contribution in [0.25, 0.3) is 24.3 Å². The molecule has 5 amide bonds. The second kappa shape index (κ2) is 50.8. The molecule has 39 heteroatoms. The first kappa shape index (κ1) is 103. The number of morpholine rings is 1. The number of hydrogen-bond acceptors (Lipinski definition) is 27. The van der Waals surface area contributed by atoms with Crippen molar-refractivity contribution in [1.82, 2.24) is 71.1 Å². The van der Waals surface area contributed by atoms with Crippen molar-refractivity contribution in [2.24, 2.45) is 20.0 Å². The Morgan fingerprint density at radius 2 is 0.758 bits per heavy atom. The molecule has 8 fully saturated rings. The summed E-state index contributed by atoms with van der Waals surface area (Å²) < 4.78 is 83.1. The van der Waals surface area contributed by atoms with E-state index in [4.69, 9.17) is 60.3 Å². The molecule has 0 bridgehead atoms. The molecule has 28 nitrogen and oxygen atoms in total. The molecule has 8 saturated heterocycles. The maximum atomic E-state index is 14.1. The summed E-state index contributed by atoms with van der Waals surface area (Å²) in [5, 5.41) is 11.0. The molecule has 12 aliphatic rings. The van der Waals surface area contributed by atoms with Crippen LogP contribution in [-0.2, 0) is 9.53 Å². The number of rotatable bonds is 14. The number of nitrogens with one attached hydrogen (secondary N) is 4. The van der Waals surface area contributed by atoms with E-state index in [0.717, 1.165) is 185 Å². The number of ether oxygens (including phenoxy) is 5. The Labute approximate surface area is 782 Å². The molecule has 0 saturated carbocycles. The number of carbonyl (C=O) groups is 5. The number of hydrogen-bond donors (Lipinski definition) is 4. The summed E-state index contributed by atoms with van der Waals surface area (Å²) in [7, 11) is 0. The Balaban J connectivity index is 0.000000191. The van der Waals surface area contributed by atoms with Gasteiger partial charge in [0.15, 0.2) is 20.7 Å². The number of aliphatic imine (C=N–C) groups is 4. The maximum absolute atomic E-state index is 14.1. The van der Waals surface area contributed by atoms with E-state index in [2.05, 4.69) is 65.3 Å². The second-order valence-electron chi connectivity index (χ2n) is 30.4. The smallest absolute Gasteiger partial charge is 0.409 e. The number of amidine groups is 4. The molecule has 12 heterocycles. The minimum atomic E-state index is -0.571. The molecule has 16 rings (SSSR count). The second-order valence-corrected chi connectivity index (χ2v) is 35.5. The first-order chi connectivity index (χ1) is 60.2. The molecule has 4 aromatic carbocycles. The van der Waals surface area contributed by atoms with Crippen molar-refractivity contribution in [2.75, 3.05) is 144 Å². The van der Waals surface area contributed by atoms with Crippen molar-refractivity contribution in [3.05, 3.63) is 138 Å². The zero-order valence-corrected chi connectivity index (χ0v) is 75.6. The van der Waals surface area contributed by atoms with Crippen LogP contribution in [0.15, 0.2) is 112 Å². The first-order valence-corrected chi connectivity index (χ1v) is 46.9. The summed E-state index contributed by atoms with van der Waals surface area (Å²) in [6.07, 6.45) is 19.2. The number of thiocarbonyl (C=S) groups is 3. The van der Waals surface area contributed by atoms with Crippen LogP contribution in [0.4, 0.5) is 36.7 Å². The molecular formula is C89H120F4N18O10S7. The predicted molar refractivity (Wildman–Crippen MR) is 521 cm³/mol. The van der Waals surface area contributed by atoms with E-state index in [1.165, 1.54) is 118 Å². The lowest BCUT2D eigenvalue weighted by molar-refractivity contribution is -0.113. The van der Waals surface area contributed by atoms with Gasteiger partial charge in [-0.3, -0.25) is 29.7 Å². The van der Waals surface area contributed by atoms with Crippen LogP contribution >= 0.6 is 83.7 Å². The largest absolute Gasteiger partial charge is 0.415 e. The molecule has 0 aromatic heterocycles. The Morgan fingerprint density at radius 3 is 1.12 bits per heavy atom. The molecule has 0 radical (unpaired) electrons. The molecule has 4 N–H and O–H groups in total. The van der Waals surface area contributed by atoms with E-state index in [1.54, 1.807) is 40.2 Å². The number of benzene rings is 4. The highest BCUT2D eigenvalue weighted by Crippen LogP contribution is 2.40. The number of likely N-dealkylation sites (tertiary alicyclic amines) is 3. The Kier molecular flexibility index (Phi) is 41.0. The molecule has 128 heavy (non-hydrogen) atoms. The summed E-state index contributed by atoms with van der Waals surface area (Å²) in [5.74, 6) is -1.67. The summed E-state index contributed by atoms with van der Waals surface area (Å²) in [6.45, 7) is 24.5. The molecule has 696 valence electrons. The van der Waals surface area contributed by atoms with Crippen LogP contribution in [0.3, 0.4) is 0 Å². The van der Waals surface area contributed by atoms with E-state index in [0.29, 0.717) is 125 Å². The minimum absolute atomic E-state index is 0. The number of thioether (sulfide) groups is 4. The lowest BCUT2D eigenvalue weighted by Gasteiger charge is -2.36. The lowest BCUT2D eigenvalue weighted by Crippen LogP contribution is -2.46. The third-order valence-electron chi connectivity index (χ3n) is 22.1.